The number of anilines is 1. The molecule has 3 rings (SSSR count). The van der Waals surface area contributed by atoms with Gasteiger partial charge in [0.1, 0.15) is 18.3 Å². The van der Waals surface area contributed by atoms with Gasteiger partial charge in [0.15, 0.2) is 0 Å². The highest BCUT2D eigenvalue weighted by atomic mass is 35.5. The van der Waals surface area contributed by atoms with E-state index in [0.29, 0.717) is 34.3 Å². The molecule has 0 fully saturated rings. The lowest BCUT2D eigenvalue weighted by Crippen LogP contribution is -2.51. The van der Waals surface area contributed by atoms with E-state index in [-0.39, 0.29) is 23.0 Å². The van der Waals surface area contributed by atoms with Gasteiger partial charge in [0.05, 0.1) is 17.7 Å². The molecule has 0 bridgehead atoms. The zero-order valence-electron chi connectivity index (χ0n) is 22.9. The number of carbonyl (C=O) groups excluding carboxylic acids is 2. The number of nitrogens with one attached hydrogen (secondary N) is 1. The van der Waals surface area contributed by atoms with Crippen LogP contribution in [0.1, 0.15) is 31.4 Å². The largest absolute Gasteiger partial charge is 0.497 e. The maximum atomic E-state index is 14.0. The first-order chi connectivity index (χ1) is 19.0. The number of carbonyl (C=O) groups is 2. The zero-order chi connectivity index (χ0) is 29.4. The maximum Gasteiger partial charge on any atom is 0.264 e. The molecular formula is C29H33Cl2N3O5S. The fourth-order valence-corrected chi connectivity index (χ4v) is 5.88. The predicted octanol–water partition coefficient (Wildman–Crippen LogP) is 5.45. The van der Waals surface area contributed by atoms with Gasteiger partial charge in [-0.25, -0.2) is 8.42 Å². The Bertz CT molecular complexity index is 1410. The monoisotopic (exact) mass is 605 g/mol. The van der Waals surface area contributed by atoms with Crippen LogP contribution >= 0.6 is 23.2 Å². The molecular weight excluding hydrogens is 573 g/mol. The molecule has 0 spiro atoms. The third kappa shape index (κ3) is 7.47. The number of hydrogen-bond donors (Lipinski definition) is 1. The summed E-state index contributed by atoms with van der Waals surface area (Å²) in [7, 11) is -2.67. The van der Waals surface area contributed by atoms with Crippen LogP contribution in [0.15, 0.2) is 71.6 Å². The number of benzene rings is 3. The zero-order valence-corrected chi connectivity index (χ0v) is 25.2. The molecule has 0 aliphatic rings. The van der Waals surface area contributed by atoms with Crippen molar-refractivity contribution in [1.82, 2.24) is 10.2 Å². The van der Waals surface area contributed by atoms with E-state index in [0.717, 1.165) is 9.87 Å². The quantitative estimate of drug-likeness (QED) is 0.296. The van der Waals surface area contributed by atoms with Crippen molar-refractivity contribution in [3.05, 3.63) is 87.9 Å². The van der Waals surface area contributed by atoms with Crippen LogP contribution in [0.3, 0.4) is 0 Å². The fourth-order valence-electron chi connectivity index (χ4n) is 3.95. The Morgan fingerprint density at radius 3 is 2.12 bits per heavy atom. The molecule has 0 heterocycles. The molecule has 40 heavy (non-hydrogen) atoms. The van der Waals surface area contributed by atoms with Crippen LogP contribution in [0.5, 0.6) is 5.75 Å². The Hall–Kier alpha value is -3.27. The molecule has 0 unspecified atom stereocenters. The smallest absolute Gasteiger partial charge is 0.264 e. The van der Waals surface area contributed by atoms with Crippen LogP contribution in [-0.4, -0.2) is 51.4 Å². The third-order valence-corrected chi connectivity index (χ3v) is 8.85. The first kappa shape index (κ1) is 31.3. The van der Waals surface area contributed by atoms with Gasteiger partial charge in [-0.1, -0.05) is 53.9 Å². The van der Waals surface area contributed by atoms with Gasteiger partial charge in [-0.05, 0) is 68.8 Å². The van der Waals surface area contributed by atoms with Crippen molar-refractivity contribution in [3.8, 4) is 5.75 Å². The third-order valence-electron chi connectivity index (χ3n) is 6.35. The first-order valence-electron chi connectivity index (χ1n) is 12.7. The summed E-state index contributed by atoms with van der Waals surface area (Å²) in [6.07, 6.45) is 0.711. The summed E-state index contributed by atoms with van der Waals surface area (Å²) in [4.78, 5) is 28.2. The van der Waals surface area contributed by atoms with Crippen LogP contribution in [0.25, 0.3) is 0 Å². The Morgan fingerprint density at radius 1 is 0.975 bits per heavy atom. The van der Waals surface area contributed by atoms with E-state index >= 15 is 0 Å². The summed E-state index contributed by atoms with van der Waals surface area (Å²) in [5.41, 5.74) is 1.60. The SMILES string of the molecule is CCCNC(=O)[C@@H](C)N(Cc1c(Cl)cccc1Cl)C(=O)CN(c1ccc(OC)cc1)S(=O)(=O)c1ccc(C)cc1. The fraction of sp³-hybridized carbons (Fsp3) is 0.310. The highest BCUT2D eigenvalue weighted by Gasteiger charge is 2.33. The average Bonchev–Trinajstić information content (AvgIpc) is 2.94. The molecule has 3 aromatic rings. The number of amides is 2. The summed E-state index contributed by atoms with van der Waals surface area (Å²) in [5.74, 6) is -0.462. The minimum absolute atomic E-state index is 0.0242. The number of rotatable bonds is 12. The lowest BCUT2D eigenvalue weighted by atomic mass is 10.1. The van der Waals surface area contributed by atoms with Gasteiger partial charge < -0.3 is 15.0 Å². The van der Waals surface area contributed by atoms with Gasteiger partial charge >= 0.3 is 0 Å². The topological polar surface area (TPSA) is 96.0 Å². The molecule has 0 aromatic heterocycles. The van der Waals surface area contributed by atoms with Gasteiger partial charge in [0.2, 0.25) is 11.8 Å². The second-order valence-electron chi connectivity index (χ2n) is 9.21. The number of nitrogens with zero attached hydrogens (tertiary/aromatic N) is 2. The van der Waals surface area contributed by atoms with Gasteiger partial charge in [0, 0.05) is 28.7 Å². The molecule has 0 saturated heterocycles. The summed E-state index contributed by atoms with van der Waals surface area (Å²) in [6, 6.07) is 16.7. The molecule has 0 aliphatic carbocycles. The van der Waals surface area contributed by atoms with E-state index in [4.69, 9.17) is 27.9 Å². The van der Waals surface area contributed by atoms with Crippen LogP contribution in [0.4, 0.5) is 5.69 Å². The summed E-state index contributed by atoms with van der Waals surface area (Å²) in [6.45, 7) is 5.11. The van der Waals surface area contributed by atoms with E-state index in [1.165, 1.54) is 24.1 Å². The van der Waals surface area contributed by atoms with Gasteiger partial charge in [-0.15, -0.1) is 0 Å². The average molecular weight is 607 g/mol. The number of methoxy groups -OCH3 is 1. The molecule has 1 N–H and O–H groups in total. The molecule has 1 atom stereocenters. The van der Waals surface area contributed by atoms with E-state index < -0.39 is 28.5 Å². The standard InChI is InChI=1S/C29H33Cl2N3O5S/c1-5-17-32-29(36)21(3)33(18-25-26(30)7-6-8-27(25)31)28(35)19-34(22-11-13-23(39-4)14-12-22)40(37,38)24-15-9-20(2)10-16-24/h6-16,21H,5,17-19H2,1-4H3,(H,32,36)/t21-/m1/s1. The van der Waals surface area contributed by atoms with E-state index in [2.05, 4.69) is 5.32 Å². The van der Waals surface area contributed by atoms with Gasteiger partial charge in [0.25, 0.3) is 10.0 Å². The Kier molecular flexibility index (Phi) is 10.8. The number of sulfonamides is 1. The molecule has 2 amide bonds. The van der Waals surface area contributed by atoms with E-state index in [9.17, 15) is 18.0 Å². The van der Waals surface area contributed by atoms with Crippen molar-refractivity contribution in [1.29, 1.82) is 0 Å². The Morgan fingerprint density at radius 2 is 1.57 bits per heavy atom. The van der Waals surface area contributed by atoms with Crippen LogP contribution in [-0.2, 0) is 26.2 Å². The first-order valence-corrected chi connectivity index (χ1v) is 14.9. The highest BCUT2D eigenvalue weighted by Crippen LogP contribution is 2.29. The van der Waals surface area contributed by atoms with Crippen molar-refractivity contribution in [2.45, 2.75) is 44.7 Å². The summed E-state index contributed by atoms with van der Waals surface area (Å²) >= 11 is 12.8. The van der Waals surface area contributed by atoms with Crippen molar-refractivity contribution in [2.24, 2.45) is 0 Å². The second-order valence-corrected chi connectivity index (χ2v) is 11.9. The molecule has 214 valence electrons. The number of ether oxygens (including phenoxy) is 1. The van der Waals surface area contributed by atoms with Crippen molar-refractivity contribution in [3.63, 3.8) is 0 Å². The number of hydrogen-bond acceptors (Lipinski definition) is 5. The van der Waals surface area contributed by atoms with Crippen molar-refractivity contribution < 1.29 is 22.7 Å². The minimum Gasteiger partial charge on any atom is -0.497 e. The lowest BCUT2D eigenvalue weighted by molar-refractivity contribution is -0.139. The normalized spacial score (nSPS) is 11.9. The van der Waals surface area contributed by atoms with Gasteiger partial charge in [-0.2, -0.15) is 0 Å². The Balaban J connectivity index is 2.06. The summed E-state index contributed by atoms with van der Waals surface area (Å²) in [5, 5.41) is 3.45. The van der Waals surface area contributed by atoms with Crippen LogP contribution in [0.2, 0.25) is 10.0 Å². The van der Waals surface area contributed by atoms with Crippen molar-refractivity contribution >= 4 is 50.7 Å². The molecule has 0 saturated carbocycles. The molecule has 11 heteroatoms. The Labute approximate surface area is 245 Å². The number of aryl methyl sites for hydroxylation is 1. The maximum absolute atomic E-state index is 14.0. The number of halogens is 2. The highest BCUT2D eigenvalue weighted by molar-refractivity contribution is 7.92. The van der Waals surface area contributed by atoms with Gasteiger partial charge in [-0.3, -0.25) is 13.9 Å². The molecule has 0 aliphatic heterocycles. The molecule has 0 radical (unpaired) electrons. The lowest BCUT2D eigenvalue weighted by Gasteiger charge is -2.32. The van der Waals surface area contributed by atoms with E-state index in [1.807, 2.05) is 13.8 Å². The van der Waals surface area contributed by atoms with Crippen LogP contribution in [0, 0.1) is 6.92 Å². The predicted molar refractivity (Wildman–Crippen MR) is 158 cm³/mol. The summed E-state index contributed by atoms with van der Waals surface area (Å²) < 4.78 is 34.0. The molecule has 8 nitrogen and oxygen atoms in total. The van der Waals surface area contributed by atoms with Crippen molar-refractivity contribution in [2.75, 3.05) is 24.5 Å². The molecule has 3 aromatic carbocycles. The minimum atomic E-state index is -4.18. The second kappa shape index (κ2) is 13.9. The van der Waals surface area contributed by atoms with E-state index in [1.54, 1.807) is 61.5 Å². The van der Waals surface area contributed by atoms with Crippen LogP contribution < -0.4 is 14.4 Å².